The van der Waals surface area contributed by atoms with Gasteiger partial charge < -0.3 is 19.7 Å². The van der Waals surface area contributed by atoms with Gasteiger partial charge in [0.25, 0.3) is 0 Å². The molecule has 1 N–H and O–H groups in total. The Bertz CT molecular complexity index is 533. The summed E-state index contributed by atoms with van der Waals surface area (Å²) in [6, 6.07) is 0.867. The average Bonchev–Trinajstić information content (AvgIpc) is 3.17. The van der Waals surface area contributed by atoms with Crippen LogP contribution in [0.2, 0.25) is 0 Å². The van der Waals surface area contributed by atoms with Crippen LogP contribution in [0.5, 0.6) is 0 Å². The fourth-order valence-corrected chi connectivity index (χ4v) is 4.88. The van der Waals surface area contributed by atoms with E-state index in [2.05, 4.69) is 24.1 Å². The summed E-state index contributed by atoms with van der Waals surface area (Å²) in [6.45, 7) is 12.5. The highest BCUT2D eigenvalue weighted by molar-refractivity contribution is 5.77. The molecule has 4 atom stereocenters. The van der Waals surface area contributed by atoms with Crippen LogP contribution in [0.4, 0.5) is 0 Å². The first kappa shape index (κ1) is 20.6. The number of nitrogens with one attached hydrogen (secondary N) is 1. The minimum absolute atomic E-state index is 0.0917. The molecule has 0 aliphatic carbocycles. The van der Waals surface area contributed by atoms with Gasteiger partial charge in [-0.15, -0.1) is 0 Å². The van der Waals surface area contributed by atoms with Gasteiger partial charge in [0.2, 0.25) is 11.8 Å². The van der Waals surface area contributed by atoms with Crippen LogP contribution < -0.4 is 5.32 Å². The van der Waals surface area contributed by atoms with E-state index in [1.165, 1.54) is 0 Å². The number of rotatable bonds is 6. The second-order valence-electron chi connectivity index (χ2n) is 8.69. The fourth-order valence-electron chi connectivity index (χ4n) is 4.88. The minimum Gasteiger partial charge on any atom is -0.378 e. The quantitative estimate of drug-likeness (QED) is 0.739. The number of ether oxygens (including phenoxy) is 2. The van der Waals surface area contributed by atoms with E-state index in [-0.39, 0.29) is 35.8 Å². The summed E-state index contributed by atoms with van der Waals surface area (Å²) in [5.41, 5.74) is 0. The molecule has 7 nitrogen and oxygen atoms in total. The smallest absolute Gasteiger partial charge is 0.225 e. The van der Waals surface area contributed by atoms with E-state index in [1.807, 2.05) is 18.7 Å². The summed E-state index contributed by atoms with van der Waals surface area (Å²) < 4.78 is 11.4. The number of fused-ring (bicyclic) bond motifs is 1. The Morgan fingerprint density at radius 1 is 1.11 bits per heavy atom. The lowest BCUT2D eigenvalue weighted by Crippen LogP contribution is -2.43. The van der Waals surface area contributed by atoms with Crippen molar-refractivity contribution in [3.63, 3.8) is 0 Å². The van der Waals surface area contributed by atoms with Crippen LogP contribution in [0.15, 0.2) is 0 Å². The molecule has 3 fully saturated rings. The molecule has 0 unspecified atom stereocenters. The number of carbonyl (C=O) groups is 2. The third-order valence-electron chi connectivity index (χ3n) is 6.07. The summed E-state index contributed by atoms with van der Waals surface area (Å²) in [5.74, 6) is 0.735. The maximum Gasteiger partial charge on any atom is 0.225 e. The molecule has 0 bridgehead atoms. The van der Waals surface area contributed by atoms with Gasteiger partial charge in [-0.3, -0.25) is 14.5 Å². The van der Waals surface area contributed by atoms with Crippen molar-refractivity contribution < 1.29 is 19.1 Å². The summed E-state index contributed by atoms with van der Waals surface area (Å²) in [4.78, 5) is 29.5. The zero-order valence-corrected chi connectivity index (χ0v) is 17.1. The van der Waals surface area contributed by atoms with Gasteiger partial charge in [-0.1, -0.05) is 0 Å². The van der Waals surface area contributed by atoms with Gasteiger partial charge in [-0.25, -0.2) is 0 Å². The van der Waals surface area contributed by atoms with E-state index in [0.717, 1.165) is 6.54 Å². The molecule has 2 amide bonds. The lowest BCUT2D eigenvalue weighted by molar-refractivity contribution is -0.138. The number of amides is 2. The normalized spacial score (nSPS) is 31.6. The van der Waals surface area contributed by atoms with Gasteiger partial charge in [0, 0.05) is 50.1 Å². The molecule has 0 radical (unpaired) electrons. The molecule has 7 heteroatoms. The van der Waals surface area contributed by atoms with Crippen LogP contribution in [0.1, 0.15) is 40.5 Å². The molecule has 27 heavy (non-hydrogen) atoms. The van der Waals surface area contributed by atoms with Crippen LogP contribution in [0.25, 0.3) is 0 Å². The van der Waals surface area contributed by atoms with Gasteiger partial charge in [0.15, 0.2) is 0 Å². The lowest BCUT2D eigenvalue weighted by Gasteiger charge is -2.29. The molecule has 0 aromatic carbocycles. The van der Waals surface area contributed by atoms with Crippen LogP contribution in [-0.2, 0) is 19.1 Å². The Kier molecular flexibility index (Phi) is 6.76. The fraction of sp³-hybridized carbons (Fsp3) is 0.900. The van der Waals surface area contributed by atoms with Gasteiger partial charge in [0.1, 0.15) is 0 Å². The summed E-state index contributed by atoms with van der Waals surface area (Å²) in [7, 11) is 0. The predicted octanol–water partition coefficient (Wildman–Crippen LogP) is 0.874. The zero-order chi connectivity index (χ0) is 19.6. The first-order chi connectivity index (χ1) is 12.9. The van der Waals surface area contributed by atoms with Crippen molar-refractivity contribution in [3.8, 4) is 0 Å². The molecule has 3 saturated heterocycles. The Balaban J connectivity index is 1.67. The van der Waals surface area contributed by atoms with E-state index < -0.39 is 0 Å². The lowest BCUT2D eigenvalue weighted by atomic mass is 9.84. The molecule has 154 valence electrons. The molecule has 0 aromatic rings. The standard InChI is InChI=1S/C20H35N3O4/c1-13(2)21-18(24)9-15-11-23(14(3)4)16-12-27-17(20(15)16)10-19(25)22-5-7-26-8-6-22/h13-17,20H,5-12H2,1-4H3,(H,21,24)/t15-,16-,17+,20-/m1/s1. The zero-order valence-electron chi connectivity index (χ0n) is 17.1. The van der Waals surface area contributed by atoms with Gasteiger partial charge in [-0.05, 0) is 33.6 Å². The topological polar surface area (TPSA) is 71.1 Å². The minimum atomic E-state index is -0.0917. The second kappa shape index (κ2) is 8.88. The van der Waals surface area contributed by atoms with Crippen molar-refractivity contribution in [2.24, 2.45) is 11.8 Å². The molecule has 3 heterocycles. The number of nitrogens with zero attached hydrogens (tertiary/aromatic N) is 2. The Morgan fingerprint density at radius 3 is 2.44 bits per heavy atom. The highest BCUT2D eigenvalue weighted by Crippen LogP contribution is 2.42. The molecule has 0 spiro atoms. The van der Waals surface area contributed by atoms with Crippen molar-refractivity contribution in [1.82, 2.24) is 15.1 Å². The molecule has 0 aromatic heterocycles. The van der Waals surface area contributed by atoms with Crippen molar-refractivity contribution in [1.29, 1.82) is 0 Å². The van der Waals surface area contributed by atoms with Crippen molar-refractivity contribution in [2.45, 2.75) is 64.8 Å². The maximum absolute atomic E-state index is 12.7. The van der Waals surface area contributed by atoms with Crippen LogP contribution in [0.3, 0.4) is 0 Å². The summed E-state index contributed by atoms with van der Waals surface area (Å²) in [5, 5.41) is 3.01. The van der Waals surface area contributed by atoms with E-state index in [0.29, 0.717) is 57.8 Å². The predicted molar refractivity (Wildman–Crippen MR) is 102 cm³/mol. The molecular weight excluding hydrogens is 346 g/mol. The third-order valence-corrected chi connectivity index (χ3v) is 6.07. The monoisotopic (exact) mass is 381 g/mol. The molecule has 0 saturated carbocycles. The van der Waals surface area contributed by atoms with Crippen LogP contribution >= 0.6 is 0 Å². The molecule has 3 rings (SSSR count). The first-order valence-corrected chi connectivity index (χ1v) is 10.4. The van der Waals surface area contributed by atoms with Crippen molar-refractivity contribution >= 4 is 11.8 Å². The molecular formula is C20H35N3O4. The van der Waals surface area contributed by atoms with Gasteiger partial charge in [0.05, 0.1) is 32.3 Å². The summed E-state index contributed by atoms with van der Waals surface area (Å²) >= 11 is 0. The van der Waals surface area contributed by atoms with Crippen molar-refractivity contribution in [2.75, 3.05) is 39.5 Å². The van der Waals surface area contributed by atoms with E-state index in [9.17, 15) is 9.59 Å². The number of hydrogen-bond acceptors (Lipinski definition) is 5. The van der Waals surface area contributed by atoms with Crippen LogP contribution in [-0.4, -0.2) is 85.3 Å². The maximum atomic E-state index is 12.7. The van der Waals surface area contributed by atoms with Crippen LogP contribution in [0, 0.1) is 11.8 Å². The largest absolute Gasteiger partial charge is 0.378 e. The van der Waals surface area contributed by atoms with Gasteiger partial charge >= 0.3 is 0 Å². The van der Waals surface area contributed by atoms with E-state index >= 15 is 0 Å². The first-order valence-electron chi connectivity index (χ1n) is 10.4. The SMILES string of the molecule is CC(C)NC(=O)C[C@@H]1CN(C(C)C)[C@@H]2CO[C@@H](CC(=O)N3CCOCC3)[C@H]12. The number of morpholine rings is 1. The highest BCUT2D eigenvalue weighted by Gasteiger charge is 2.51. The second-order valence-corrected chi connectivity index (χ2v) is 8.69. The van der Waals surface area contributed by atoms with Gasteiger partial charge in [-0.2, -0.15) is 0 Å². The Hall–Kier alpha value is -1.18. The van der Waals surface area contributed by atoms with Crippen molar-refractivity contribution in [3.05, 3.63) is 0 Å². The molecule has 3 aliphatic rings. The third kappa shape index (κ3) is 4.81. The number of hydrogen-bond donors (Lipinski definition) is 1. The molecule has 3 aliphatic heterocycles. The highest BCUT2D eigenvalue weighted by atomic mass is 16.5. The van der Waals surface area contributed by atoms with E-state index in [1.54, 1.807) is 0 Å². The number of carbonyl (C=O) groups excluding carboxylic acids is 2. The Morgan fingerprint density at radius 2 is 1.81 bits per heavy atom. The average molecular weight is 382 g/mol. The van der Waals surface area contributed by atoms with E-state index in [4.69, 9.17) is 9.47 Å². The Labute approximate surface area is 162 Å². The summed E-state index contributed by atoms with van der Waals surface area (Å²) in [6.07, 6.45) is 0.828. The number of likely N-dealkylation sites (tertiary alicyclic amines) is 1.